The molecule has 0 bridgehead atoms. The molecule has 3 atom stereocenters. The minimum Gasteiger partial charge on any atom is -0.380 e. The lowest BCUT2D eigenvalue weighted by molar-refractivity contribution is -0.161. The fourth-order valence-corrected chi connectivity index (χ4v) is 3.31. The van der Waals surface area contributed by atoms with Gasteiger partial charge in [0.15, 0.2) is 0 Å². The number of carbonyl (C=O) groups is 2. The number of nitrogens with zero attached hydrogens (tertiary/aromatic N) is 1. The molecule has 0 aromatic rings. The maximum Gasteiger partial charge on any atom is 0.249 e. The van der Waals surface area contributed by atoms with Crippen LogP contribution in [0.15, 0.2) is 0 Å². The minimum absolute atomic E-state index is 0.0256. The molecule has 2 rings (SSSR count). The minimum atomic E-state index is -0.733. The average Bonchev–Trinajstić information content (AvgIpc) is 3.23. The Morgan fingerprint density at radius 1 is 1.33 bits per heavy atom. The van der Waals surface area contributed by atoms with Crippen molar-refractivity contribution in [3.8, 4) is 0 Å². The quantitative estimate of drug-likeness (QED) is 0.809. The second kappa shape index (κ2) is 5.95. The van der Waals surface area contributed by atoms with E-state index in [4.69, 9.17) is 4.74 Å². The van der Waals surface area contributed by atoms with E-state index in [1.807, 2.05) is 34.6 Å². The Morgan fingerprint density at radius 2 is 1.95 bits per heavy atom. The van der Waals surface area contributed by atoms with E-state index in [0.29, 0.717) is 13.2 Å². The van der Waals surface area contributed by atoms with Crippen LogP contribution in [0.25, 0.3) is 0 Å². The summed E-state index contributed by atoms with van der Waals surface area (Å²) in [6, 6.07) is -0.492. The van der Waals surface area contributed by atoms with E-state index in [2.05, 4.69) is 5.32 Å². The Morgan fingerprint density at radius 3 is 2.43 bits per heavy atom. The lowest BCUT2D eigenvalue weighted by Gasteiger charge is -2.48. The molecule has 5 nitrogen and oxygen atoms in total. The number of carbonyl (C=O) groups excluding carboxylic acids is 2. The molecule has 1 N–H and O–H groups in total. The monoisotopic (exact) mass is 296 g/mol. The number of rotatable bonds is 6. The molecular weight excluding hydrogens is 268 g/mol. The lowest BCUT2D eigenvalue weighted by Crippen LogP contribution is -2.73. The van der Waals surface area contributed by atoms with Crippen LogP contribution in [0.5, 0.6) is 0 Å². The van der Waals surface area contributed by atoms with Crippen LogP contribution in [0.2, 0.25) is 0 Å². The fourth-order valence-electron chi connectivity index (χ4n) is 3.31. The van der Waals surface area contributed by atoms with Crippen molar-refractivity contribution in [3.05, 3.63) is 0 Å². The standard InChI is InChI=1S/C16H28N2O3/c1-6-21-9-11(4)18-13(10(2)3)14(19)17-16(5,15(18)20)12-7-8-12/h10-13H,6-9H2,1-5H3,(H,17,19). The van der Waals surface area contributed by atoms with Gasteiger partial charge in [-0.3, -0.25) is 9.59 Å². The van der Waals surface area contributed by atoms with Crippen molar-refractivity contribution in [1.29, 1.82) is 0 Å². The van der Waals surface area contributed by atoms with Gasteiger partial charge in [-0.1, -0.05) is 13.8 Å². The molecule has 0 aromatic heterocycles. The number of piperazine rings is 1. The number of amides is 2. The van der Waals surface area contributed by atoms with Gasteiger partial charge in [0.1, 0.15) is 11.6 Å². The summed E-state index contributed by atoms with van der Waals surface area (Å²) < 4.78 is 5.48. The smallest absolute Gasteiger partial charge is 0.249 e. The zero-order valence-corrected chi connectivity index (χ0v) is 13.8. The first-order valence-electron chi connectivity index (χ1n) is 8.05. The number of hydrogen-bond donors (Lipinski definition) is 1. The number of hydrogen-bond acceptors (Lipinski definition) is 3. The SMILES string of the molecule is CCOCC(C)N1C(=O)C(C)(C2CC2)NC(=O)C1C(C)C. The molecule has 2 aliphatic rings. The van der Waals surface area contributed by atoms with Crippen LogP contribution in [0.1, 0.15) is 47.5 Å². The van der Waals surface area contributed by atoms with Gasteiger partial charge in [0.2, 0.25) is 11.8 Å². The summed E-state index contributed by atoms with van der Waals surface area (Å²) in [5.41, 5.74) is -0.733. The zero-order valence-electron chi connectivity index (χ0n) is 13.8. The molecule has 120 valence electrons. The molecule has 3 unspecified atom stereocenters. The van der Waals surface area contributed by atoms with Crippen molar-refractivity contribution in [2.75, 3.05) is 13.2 Å². The maximum absolute atomic E-state index is 13.0. The van der Waals surface area contributed by atoms with Gasteiger partial charge in [-0.2, -0.15) is 0 Å². The summed E-state index contributed by atoms with van der Waals surface area (Å²) in [4.78, 5) is 27.4. The highest BCUT2D eigenvalue weighted by Gasteiger charge is 2.56. The van der Waals surface area contributed by atoms with Gasteiger partial charge in [0.25, 0.3) is 0 Å². The summed E-state index contributed by atoms with van der Waals surface area (Å²) in [6.45, 7) is 10.8. The van der Waals surface area contributed by atoms with Crippen molar-refractivity contribution in [1.82, 2.24) is 10.2 Å². The van der Waals surface area contributed by atoms with Gasteiger partial charge in [-0.25, -0.2) is 0 Å². The topological polar surface area (TPSA) is 58.6 Å². The van der Waals surface area contributed by atoms with Crippen LogP contribution < -0.4 is 5.32 Å². The third-order valence-corrected chi connectivity index (χ3v) is 4.69. The highest BCUT2D eigenvalue weighted by molar-refractivity contribution is 6.00. The third kappa shape index (κ3) is 2.93. The van der Waals surface area contributed by atoms with E-state index in [-0.39, 0.29) is 29.7 Å². The molecule has 2 fully saturated rings. The summed E-state index contributed by atoms with van der Waals surface area (Å²) in [5.74, 6) is 0.392. The molecule has 0 aromatic carbocycles. The summed E-state index contributed by atoms with van der Waals surface area (Å²) >= 11 is 0. The molecule has 1 aliphatic carbocycles. The predicted molar refractivity (Wildman–Crippen MR) is 80.7 cm³/mol. The first-order chi connectivity index (χ1) is 9.82. The maximum atomic E-state index is 13.0. The van der Waals surface area contributed by atoms with E-state index in [0.717, 1.165) is 12.8 Å². The van der Waals surface area contributed by atoms with Gasteiger partial charge in [-0.05, 0) is 45.4 Å². The molecule has 5 heteroatoms. The molecule has 21 heavy (non-hydrogen) atoms. The number of nitrogens with one attached hydrogen (secondary N) is 1. The normalized spacial score (nSPS) is 31.5. The second-order valence-electron chi connectivity index (χ2n) is 6.88. The second-order valence-corrected chi connectivity index (χ2v) is 6.88. The lowest BCUT2D eigenvalue weighted by atomic mass is 9.85. The van der Waals surface area contributed by atoms with E-state index in [9.17, 15) is 9.59 Å². The summed E-state index contributed by atoms with van der Waals surface area (Å²) in [6.07, 6.45) is 2.03. The van der Waals surface area contributed by atoms with Gasteiger partial charge in [-0.15, -0.1) is 0 Å². The van der Waals surface area contributed by atoms with Crippen LogP contribution in [-0.2, 0) is 14.3 Å². The van der Waals surface area contributed by atoms with Gasteiger partial charge < -0.3 is 15.0 Å². The van der Waals surface area contributed by atoms with Crippen molar-refractivity contribution in [2.24, 2.45) is 11.8 Å². The Balaban J connectivity index is 2.28. The van der Waals surface area contributed by atoms with Crippen molar-refractivity contribution >= 4 is 11.8 Å². The van der Waals surface area contributed by atoms with E-state index in [1.165, 1.54) is 0 Å². The molecular formula is C16H28N2O3. The first-order valence-corrected chi connectivity index (χ1v) is 8.05. The molecule has 2 amide bonds. The van der Waals surface area contributed by atoms with Crippen LogP contribution in [-0.4, -0.2) is 47.6 Å². The Kier molecular flexibility index (Phi) is 4.61. The molecule has 1 aliphatic heterocycles. The molecule has 1 saturated carbocycles. The Bertz CT molecular complexity index is 420. The summed E-state index contributed by atoms with van der Waals surface area (Å²) in [7, 11) is 0. The molecule has 1 saturated heterocycles. The highest BCUT2D eigenvalue weighted by Crippen LogP contribution is 2.43. The van der Waals surface area contributed by atoms with Crippen molar-refractivity contribution in [3.63, 3.8) is 0 Å². The van der Waals surface area contributed by atoms with Crippen molar-refractivity contribution < 1.29 is 14.3 Å². The Labute approximate surface area is 127 Å². The molecule has 0 spiro atoms. The van der Waals surface area contributed by atoms with Crippen LogP contribution >= 0.6 is 0 Å². The van der Waals surface area contributed by atoms with Gasteiger partial charge in [0, 0.05) is 6.61 Å². The first kappa shape index (κ1) is 16.3. The van der Waals surface area contributed by atoms with E-state index >= 15 is 0 Å². The van der Waals surface area contributed by atoms with E-state index in [1.54, 1.807) is 4.90 Å². The van der Waals surface area contributed by atoms with Crippen LogP contribution in [0, 0.1) is 11.8 Å². The largest absolute Gasteiger partial charge is 0.380 e. The summed E-state index contributed by atoms with van der Waals surface area (Å²) in [5, 5.41) is 3.01. The molecule has 0 radical (unpaired) electrons. The Hall–Kier alpha value is -1.10. The average molecular weight is 296 g/mol. The zero-order chi connectivity index (χ0) is 15.8. The van der Waals surface area contributed by atoms with Crippen molar-refractivity contribution in [2.45, 2.75) is 65.1 Å². The predicted octanol–water partition coefficient (Wildman–Crippen LogP) is 1.56. The fraction of sp³-hybridized carbons (Fsp3) is 0.875. The van der Waals surface area contributed by atoms with E-state index < -0.39 is 11.6 Å². The van der Waals surface area contributed by atoms with Gasteiger partial charge >= 0.3 is 0 Å². The van der Waals surface area contributed by atoms with Crippen LogP contribution in [0.4, 0.5) is 0 Å². The van der Waals surface area contributed by atoms with Crippen LogP contribution in [0.3, 0.4) is 0 Å². The van der Waals surface area contributed by atoms with Gasteiger partial charge in [0.05, 0.1) is 12.6 Å². The molecule has 1 heterocycles. The number of ether oxygens (including phenoxy) is 1. The third-order valence-electron chi connectivity index (χ3n) is 4.69. The highest BCUT2D eigenvalue weighted by atomic mass is 16.5.